The number of benzene rings is 1. The van der Waals surface area contributed by atoms with E-state index in [-0.39, 0.29) is 11.4 Å². The van der Waals surface area contributed by atoms with Gasteiger partial charge in [0.25, 0.3) is 0 Å². The minimum Gasteiger partial charge on any atom is -0.207 e. The Morgan fingerprint density at radius 2 is 2.13 bits per heavy atom. The van der Waals surface area contributed by atoms with E-state index in [1.165, 1.54) is 6.07 Å². The molecule has 0 fully saturated rings. The van der Waals surface area contributed by atoms with Gasteiger partial charge in [-0.2, -0.15) is 10.1 Å². The third-order valence-electron chi connectivity index (χ3n) is 3.05. The molecule has 2 heterocycles. The largest absolute Gasteiger partial charge is 0.207 e. The monoisotopic (exact) mass is 206 g/mol. The van der Waals surface area contributed by atoms with Crippen LogP contribution in [0, 0.1) is 5.82 Å². The number of nitrogens with one attached hydrogen (secondary N) is 1. The van der Waals surface area contributed by atoms with Crippen LogP contribution < -0.4 is 10.1 Å². The molecule has 1 N–H and O–H groups in total. The molecule has 3 nitrogen and oxygen atoms in total. The number of aromatic nitrogens is 2. The van der Waals surface area contributed by atoms with Gasteiger partial charge in [-0.25, -0.2) is 4.39 Å². The van der Waals surface area contributed by atoms with Crippen molar-refractivity contribution in [2.75, 3.05) is 5.43 Å². The molecule has 0 bridgehead atoms. The summed E-state index contributed by atoms with van der Waals surface area (Å²) in [5, 5.41) is 0.987. The van der Waals surface area contributed by atoms with E-state index in [2.05, 4.69) is 19.3 Å². The highest BCUT2D eigenvalue weighted by Gasteiger charge is 2.45. The zero-order valence-corrected chi connectivity index (χ0v) is 9.00. The van der Waals surface area contributed by atoms with Crippen molar-refractivity contribution in [2.45, 2.75) is 19.4 Å². The molecule has 0 spiro atoms. The smallest absolute Gasteiger partial charge is 0.165 e. The van der Waals surface area contributed by atoms with Crippen molar-refractivity contribution in [3.05, 3.63) is 29.7 Å². The van der Waals surface area contributed by atoms with Gasteiger partial charge in [0.1, 0.15) is 12.9 Å². The first-order valence-corrected chi connectivity index (χ1v) is 5.00. The van der Waals surface area contributed by atoms with Gasteiger partial charge in [0.15, 0.2) is 16.7 Å². The standard InChI is InChI=1S/C11H13FN3/c1-11(2)10-8-6-7(12)4-5-9(8)14(3)15(10)13-11/h4-6,13H,1-3H3/q+1. The van der Waals surface area contributed by atoms with Gasteiger partial charge in [-0.05, 0) is 32.0 Å². The molecule has 0 amide bonds. The molecular formula is C11H13FN3+. The second kappa shape index (κ2) is 2.32. The fourth-order valence-corrected chi connectivity index (χ4v) is 2.35. The lowest BCUT2D eigenvalue weighted by Crippen LogP contribution is -2.59. The SMILES string of the molecule is C[n+]1c2ccc(F)cc2c2n1NC2(C)C. The van der Waals surface area contributed by atoms with Crippen LogP contribution in [-0.4, -0.2) is 4.79 Å². The van der Waals surface area contributed by atoms with E-state index < -0.39 is 0 Å². The molecule has 0 saturated carbocycles. The fourth-order valence-electron chi connectivity index (χ4n) is 2.35. The van der Waals surface area contributed by atoms with Crippen LogP contribution in [0.4, 0.5) is 4.39 Å². The number of nitrogens with zero attached hydrogens (tertiary/aromatic N) is 2. The Kier molecular flexibility index (Phi) is 1.35. The molecule has 1 aliphatic rings. The number of rotatable bonds is 0. The summed E-state index contributed by atoms with van der Waals surface area (Å²) in [7, 11) is 1.96. The molecule has 1 aromatic carbocycles. The Labute approximate surface area is 87.1 Å². The first-order valence-electron chi connectivity index (χ1n) is 5.00. The van der Waals surface area contributed by atoms with Crippen LogP contribution in [0.5, 0.6) is 0 Å². The second-order valence-corrected chi connectivity index (χ2v) is 4.58. The molecule has 1 aliphatic heterocycles. The van der Waals surface area contributed by atoms with Crippen molar-refractivity contribution in [1.29, 1.82) is 0 Å². The minimum absolute atomic E-state index is 0.0761. The average molecular weight is 206 g/mol. The summed E-state index contributed by atoms with van der Waals surface area (Å²) < 4.78 is 15.2. The van der Waals surface area contributed by atoms with E-state index >= 15 is 0 Å². The second-order valence-electron chi connectivity index (χ2n) is 4.58. The Morgan fingerprint density at radius 3 is 2.80 bits per heavy atom. The molecule has 0 saturated heterocycles. The van der Waals surface area contributed by atoms with Crippen molar-refractivity contribution in [1.82, 2.24) is 4.79 Å². The van der Waals surface area contributed by atoms with Crippen LogP contribution in [0.15, 0.2) is 18.2 Å². The third kappa shape index (κ3) is 0.914. The zero-order valence-electron chi connectivity index (χ0n) is 9.00. The first kappa shape index (κ1) is 8.71. The number of hydrogen-bond acceptors (Lipinski definition) is 1. The molecule has 0 radical (unpaired) electrons. The van der Waals surface area contributed by atoms with Crippen molar-refractivity contribution in [3.8, 4) is 0 Å². The van der Waals surface area contributed by atoms with Gasteiger partial charge in [-0.3, -0.25) is 0 Å². The number of aryl methyl sites for hydroxylation is 1. The molecule has 3 rings (SSSR count). The highest BCUT2D eigenvalue weighted by Crippen LogP contribution is 2.34. The average Bonchev–Trinajstić information content (AvgIpc) is 2.35. The van der Waals surface area contributed by atoms with Crippen LogP contribution in [0.2, 0.25) is 0 Å². The maximum Gasteiger partial charge on any atom is 0.165 e. The fraction of sp³-hybridized carbons (Fsp3) is 0.364. The van der Waals surface area contributed by atoms with Gasteiger partial charge in [-0.15, -0.1) is 0 Å². The van der Waals surface area contributed by atoms with Crippen molar-refractivity contribution in [2.24, 2.45) is 7.05 Å². The topological polar surface area (TPSA) is 20.8 Å². The Balaban J connectivity index is 2.45. The lowest BCUT2D eigenvalue weighted by atomic mass is 9.95. The highest BCUT2D eigenvalue weighted by atomic mass is 19.1. The summed E-state index contributed by atoms with van der Waals surface area (Å²) in [6, 6.07) is 4.91. The molecule has 78 valence electrons. The third-order valence-corrected chi connectivity index (χ3v) is 3.05. The maximum absolute atomic E-state index is 13.2. The van der Waals surface area contributed by atoms with Crippen molar-refractivity contribution in [3.63, 3.8) is 0 Å². The van der Waals surface area contributed by atoms with Crippen molar-refractivity contribution < 1.29 is 9.07 Å². The Bertz CT molecular complexity index is 569. The zero-order chi connectivity index (χ0) is 10.8. The summed E-state index contributed by atoms with van der Waals surface area (Å²) in [5.41, 5.74) is 5.41. The number of hydrogen-bond donors (Lipinski definition) is 1. The van der Waals surface area contributed by atoms with Gasteiger partial charge in [0.2, 0.25) is 0 Å². The van der Waals surface area contributed by atoms with Crippen LogP contribution in [0.25, 0.3) is 10.9 Å². The van der Waals surface area contributed by atoms with Crippen molar-refractivity contribution >= 4 is 10.9 Å². The number of halogens is 1. The predicted octanol–water partition coefficient (Wildman–Crippen LogP) is 1.40. The quantitative estimate of drug-likeness (QED) is 0.646. The first-order chi connectivity index (χ1) is 7.00. The molecule has 0 unspecified atom stereocenters. The molecule has 15 heavy (non-hydrogen) atoms. The maximum atomic E-state index is 13.2. The van der Waals surface area contributed by atoms with Gasteiger partial charge >= 0.3 is 0 Å². The number of fused-ring (bicyclic) bond motifs is 3. The normalized spacial score (nSPS) is 17.1. The van der Waals surface area contributed by atoms with Gasteiger partial charge in [0, 0.05) is 0 Å². The van der Waals surface area contributed by atoms with E-state index in [4.69, 9.17) is 0 Å². The van der Waals surface area contributed by atoms with Crippen LogP contribution in [0.3, 0.4) is 0 Å². The molecule has 1 aromatic heterocycles. The molecule has 0 aliphatic carbocycles. The molecule has 0 atom stereocenters. The predicted molar refractivity (Wildman–Crippen MR) is 55.5 cm³/mol. The molecule has 2 aromatic rings. The lowest BCUT2D eigenvalue weighted by molar-refractivity contribution is -0.731. The van der Waals surface area contributed by atoms with Gasteiger partial charge < -0.3 is 0 Å². The Morgan fingerprint density at radius 1 is 1.40 bits per heavy atom. The summed E-state index contributed by atoms with van der Waals surface area (Å²) in [6.45, 7) is 4.18. The van der Waals surface area contributed by atoms with Crippen LogP contribution in [0.1, 0.15) is 19.5 Å². The van der Waals surface area contributed by atoms with Crippen LogP contribution >= 0.6 is 0 Å². The van der Waals surface area contributed by atoms with Gasteiger partial charge in [-0.1, -0.05) is 4.79 Å². The van der Waals surface area contributed by atoms with E-state index in [9.17, 15) is 4.39 Å². The summed E-state index contributed by atoms with van der Waals surface area (Å²) in [5.74, 6) is -0.181. The molecule has 4 heteroatoms. The van der Waals surface area contributed by atoms with E-state index in [1.807, 2.05) is 22.6 Å². The summed E-state index contributed by atoms with van der Waals surface area (Å²) >= 11 is 0. The lowest BCUT2D eigenvalue weighted by Gasteiger charge is -2.31. The molecular weight excluding hydrogens is 193 g/mol. The van der Waals surface area contributed by atoms with Gasteiger partial charge in [0.05, 0.1) is 5.39 Å². The summed E-state index contributed by atoms with van der Waals surface area (Å²) in [4.78, 5) is 1.96. The van der Waals surface area contributed by atoms with E-state index in [0.717, 1.165) is 16.6 Å². The minimum atomic E-state index is -0.181. The summed E-state index contributed by atoms with van der Waals surface area (Å²) in [6.07, 6.45) is 0. The highest BCUT2D eigenvalue weighted by molar-refractivity contribution is 5.81. The Hall–Kier alpha value is -1.58. The van der Waals surface area contributed by atoms with E-state index in [0.29, 0.717) is 0 Å². The van der Waals surface area contributed by atoms with Crippen LogP contribution in [-0.2, 0) is 12.6 Å². The van der Waals surface area contributed by atoms with E-state index in [1.54, 1.807) is 6.07 Å².